The topological polar surface area (TPSA) is 140 Å². The monoisotopic (exact) mass is 620 g/mol. The molecule has 3 aromatic rings. The molecule has 6 rings (SSSR count). The van der Waals surface area contributed by atoms with Gasteiger partial charge < -0.3 is 19.8 Å². The van der Waals surface area contributed by atoms with Crippen LogP contribution in [0.25, 0.3) is 22.7 Å². The minimum absolute atomic E-state index is 0.0302. The van der Waals surface area contributed by atoms with E-state index in [-0.39, 0.29) is 23.2 Å². The average molecular weight is 621 g/mol. The predicted octanol–water partition coefficient (Wildman–Crippen LogP) is 5.08. The molecule has 2 aromatic carbocycles. The first-order chi connectivity index (χ1) is 21.2. The van der Waals surface area contributed by atoms with E-state index in [1.54, 1.807) is 12.1 Å². The lowest BCUT2D eigenvalue weighted by atomic mass is 9.55. The largest absolute Gasteiger partial charge is 0.440 e. The summed E-state index contributed by atoms with van der Waals surface area (Å²) in [5.41, 5.74) is 7.94. The first kappa shape index (κ1) is 30.3. The molecule has 2 N–H and O–H groups in total. The van der Waals surface area contributed by atoms with Gasteiger partial charge in [0.2, 0.25) is 11.8 Å². The van der Waals surface area contributed by atoms with E-state index in [2.05, 4.69) is 6.07 Å². The Morgan fingerprint density at radius 3 is 2.32 bits per heavy atom. The normalized spacial score (nSPS) is 24.8. The van der Waals surface area contributed by atoms with Gasteiger partial charge >= 0.3 is 0 Å². The van der Waals surface area contributed by atoms with E-state index in [0.29, 0.717) is 74.9 Å². The number of nitriles is 1. The third-order valence-electron chi connectivity index (χ3n) is 9.76. The van der Waals surface area contributed by atoms with Crippen molar-refractivity contribution in [2.24, 2.45) is 23.0 Å². The van der Waals surface area contributed by atoms with Gasteiger partial charge in [-0.05, 0) is 68.0 Å². The molecular weight excluding hydrogens is 583 g/mol. The Morgan fingerprint density at radius 1 is 1.02 bits per heavy atom. The third kappa shape index (κ3) is 5.73. The molecule has 0 radical (unpaired) electrons. The lowest BCUT2D eigenvalue weighted by molar-refractivity contribution is -0.136. The molecule has 3 aliphatic rings. The molecule has 0 bridgehead atoms. The summed E-state index contributed by atoms with van der Waals surface area (Å²) in [6.07, 6.45) is 4.07. The summed E-state index contributed by atoms with van der Waals surface area (Å²) < 4.78 is 49.8. The van der Waals surface area contributed by atoms with Crippen molar-refractivity contribution in [1.29, 1.82) is 5.26 Å². The van der Waals surface area contributed by atoms with Crippen LogP contribution in [0.5, 0.6) is 0 Å². The van der Waals surface area contributed by atoms with E-state index in [4.69, 9.17) is 19.9 Å². The van der Waals surface area contributed by atoms with E-state index < -0.39 is 33.0 Å². The number of rotatable bonds is 7. The molecule has 0 spiro atoms. The molecule has 232 valence electrons. The summed E-state index contributed by atoms with van der Waals surface area (Å²) in [4.78, 5) is 20.6. The molecule has 44 heavy (non-hydrogen) atoms. The zero-order valence-corrected chi connectivity index (χ0v) is 25.4. The van der Waals surface area contributed by atoms with Crippen molar-refractivity contribution in [2.75, 3.05) is 42.7 Å². The molecule has 1 aliphatic carbocycles. The van der Waals surface area contributed by atoms with Crippen LogP contribution >= 0.6 is 0 Å². The zero-order chi connectivity index (χ0) is 30.9. The number of nitrogens with zero attached hydrogens (tertiary/aromatic N) is 3. The van der Waals surface area contributed by atoms with Crippen LogP contribution in [0.3, 0.4) is 0 Å². The number of aromatic nitrogens is 1. The number of nitrogens with two attached hydrogens (primary N) is 1. The summed E-state index contributed by atoms with van der Waals surface area (Å²) in [6.45, 7) is 1.94. The highest BCUT2D eigenvalue weighted by Crippen LogP contribution is 2.56. The van der Waals surface area contributed by atoms with Gasteiger partial charge in [0.1, 0.15) is 17.3 Å². The van der Waals surface area contributed by atoms with E-state index in [1.807, 2.05) is 29.2 Å². The van der Waals surface area contributed by atoms with Crippen molar-refractivity contribution in [3.8, 4) is 28.8 Å². The second-order valence-electron chi connectivity index (χ2n) is 12.2. The van der Waals surface area contributed by atoms with E-state index in [1.165, 1.54) is 12.1 Å². The number of halogens is 1. The van der Waals surface area contributed by atoms with Crippen LogP contribution in [0.15, 0.2) is 52.9 Å². The van der Waals surface area contributed by atoms with Crippen LogP contribution in [0, 0.1) is 34.4 Å². The second kappa shape index (κ2) is 12.3. The number of amides is 1. The molecule has 2 unspecified atom stereocenters. The van der Waals surface area contributed by atoms with Gasteiger partial charge in [-0.15, -0.1) is 0 Å². The van der Waals surface area contributed by atoms with Crippen molar-refractivity contribution in [2.45, 2.75) is 44.4 Å². The van der Waals surface area contributed by atoms with Crippen molar-refractivity contribution in [1.82, 2.24) is 4.98 Å². The van der Waals surface area contributed by atoms with Gasteiger partial charge in [0.25, 0.3) is 0 Å². The maximum absolute atomic E-state index is 13.8. The summed E-state index contributed by atoms with van der Waals surface area (Å²) >= 11 is 0. The highest BCUT2D eigenvalue weighted by atomic mass is 32.2. The molecule has 3 atom stereocenters. The molecule has 9 nitrogen and oxygen atoms in total. The fraction of sp³-hybridized carbons (Fsp3) is 0.485. The van der Waals surface area contributed by atoms with E-state index in [0.717, 1.165) is 24.1 Å². The van der Waals surface area contributed by atoms with Crippen molar-refractivity contribution >= 4 is 21.4 Å². The number of carbonyl (C=O) groups is 1. The lowest BCUT2D eigenvalue weighted by Crippen LogP contribution is -2.51. The minimum atomic E-state index is -3.01. The number of ether oxygens (including phenoxy) is 1. The Bertz CT molecular complexity index is 1630. The van der Waals surface area contributed by atoms with Crippen LogP contribution in [0.4, 0.5) is 10.1 Å². The van der Waals surface area contributed by atoms with Crippen molar-refractivity contribution in [3.05, 3.63) is 60.1 Å². The molecular formula is C33H37FN4O5S. The van der Waals surface area contributed by atoms with Gasteiger partial charge in [0.15, 0.2) is 9.84 Å². The SMILES string of the molecule is N#C[C@H](C1CCOCC1)C1(C(N)=O)CCCCC1c1oc(-c2ccc(F)cc2)nc1-c1ccc(N2CCS(=O)(=O)CC2)cc1. The van der Waals surface area contributed by atoms with Gasteiger partial charge in [-0.2, -0.15) is 5.26 Å². The second-order valence-corrected chi connectivity index (χ2v) is 14.5. The van der Waals surface area contributed by atoms with Crippen LogP contribution in [-0.2, 0) is 19.4 Å². The van der Waals surface area contributed by atoms with Gasteiger partial charge in [-0.1, -0.05) is 25.0 Å². The number of primary amides is 1. The van der Waals surface area contributed by atoms with Crippen molar-refractivity contribution < 1.29 is 26.8 Å². The molecule has 3 fully saturated rings. The first-order valence-corrected chi connectivity index (χ1v) is 17.1. The number of carbonyl (C=O) groups excluding carboxylic acids is 1. The number of hydrogen-bond donors (Lipinski definition) is 1. The molecule has 1 amide bonds. The minimum Gasteiger partial charge on any atom is -0.440 e. The maximum Gasteiger partial charge on any atom is 0.226 e. The average Bonchev–Trinajstić information content (AvgIpc) is 3.48. The first-order valence-electron chi connectivity index (χ1n) is 15.3. The van der Waals surface area contributed by atoms with Gasteiger partial charge in [0.05, 0.1) is 28.9 Å². The van der Waals surface area contributed by atoms with Crippen molar-refractivity contribution in [3.63, 3.8) is 0 Å². The smallest absolute Gasteiger partial charge is 0.226 e. The zero-order valence-electron chi connectivity index (χ0n) is 24.6. The molecule has 1 saturated carbocycles. The Morgan fingerprint density at radius 2 is 1.68 bits per heavy atom. The highest BCUT2D eigenvalue weighted by Gasteiger charge is 2.56. The molecule has 3 heterocycles. The fourth-order valence-electron chi connectivity index (χ4n) is 7.37. The molecule has 11 heteroatoms. The summed E-state index contributed by atoms with van der Waals surface area (Å²) in [6, 6.07) is 16.1. The summed E-state index contributed by atoms with van der Waals surface area (Å²) in [7, 11) is -3.01. The van der Waals surface area contributed by atoms with E-state index in [9.17, 15) is 22.9 Å². The third-order valence-corrected chi connectivity index (χ3v) is 11.4. The summed E-state index contributed by atoms with van der Waals surface area (Å²) in [5.74, 6) is -0.963. The fourth-order valence-corrected chi connectivity index (χ4v) is 8.57. The number of sulfone groups is 1. The number of hydrogen-bond acceptors (Lipinski definition) is 8. The Balaban J connectivity index is 1.44. The van der Waals surface area contributed by atoms with E-state index >= 15 is 0 Å². The molecule has 2 aliphatic heterocycles. The summed E-state index contributed by atoms with van der Waals surface area (Å²) in [5, 5.41) is 10.6. The number of benzene rings is 2. The van der Waals surface area contributed by atoms with Crippen LogP contribution in [0.2, 0.25) is 0 Å². The quantitative estimate of drug-likeness (QED) is 0.386. The molecule has 1 aromatic heterocycles. The van der Waals surface area contributed by atoms with Gasteiger partial charge in [-0.3, -0.25) is 4.79 Å². The lowest BCUT2D eigenvalue weighted by Gasteiger charge is -2.46. The maximum atomic E-state index is 13.8. The Labute approximate surface area is 257 Å². The number of oxazole rings is 1. The van der Waals surface area contributed by atoms with Crippen LogP contribution < -0.4 is 10.6 Å². The standard InChI is InChI=1S/C33H37FN4O5S/c34-25-8-4-24(5-9-25)31-37-29(23-6-10-26(11-7-23)38-15-19-44(40,41)20-16-38)30(43-31)27-3-1-2-14-33(27,32(36)39)28(21-35)22-12-17-42-18-13-22/h4-11,22,27-28H,1-3,12-20H2,(H2,36,39)/t27?,28-,33?/m1/s1. The van der Waals surface area contributed by atoms with Crippen LogP contribution in [0.1, 0.15) is 50.2 Å². The van der Waals surface area contributed by atoms with Gasteiger partial charge in [0, 0.05) is 49.0 Å². The Hall–Kier alpha value is -3.75. The molecule has 2 saturated heterocycles. The van der Waals surface area contributed by atoms with Crippen LogP contribution in [-0.4, -0.2) is 57.1 Å². The highest BCUT2D eigenvalue weighted by molar-refractivity contribution is 7.91. The predicted molar refractivity (Wildman–Crippen MR) is 164 cm³/mol. The van der Waals surface area contributed by atoms with Gasteiger partial charge in [-0.25, -0.2) is 17.8 Å². The number of anilines is 1. The Kier molecular flexibility index (Phi) is 8.49.